The van der Waals surface area contributed by atoms with Crippen LogP contribution in [0.1, 0.15) is 33.4 Å². The van der Waals surface area contributed by atoms with E-state index in [2.05, 4.69) is 0 Å². The minimum absolute atomic E-state index is 0.0962. The molecule has 2 aromatic rings. The second kappa shape index (κ2) is 8.88. The molecule has 0 saturated heterocycles. The van der Waals surface area contributed by atoms with Crippen LogP contribution in [-0.4, -0.2) is 0 Å². The molecule has 0 amide bonds. The SMILES string of the molecule is N#CC(C#N)=c1cc(C#N)/c(=C(\C#N)c2cc(C(F)(F)F)c(C#N)c(C(F)(F)F)c2)c(S(F)(F)(F)(F)F)c1C#N. The highest BCUT2D eigenvalue weighted by Gasteiger charge is 2.68. The van der Waals surface area contributed by atoms with E-state index in [1.165, 1.54) is 0 Å². The number of nitrogens with zero attached hydrogens (tertiary/aromatic N) is 6. The van der Waals surface area contributed by atoms with Crippen molar-refractivity contribution < 1.29 is 45.8 Å². The van der Waals surface area contributed by atoms with Crippen molar-refractivity contribution in [2.45, 2.75) is 17.2 Å². The second-order valence-corrected chi connectivity index (χ2v) is 9.73. The predicted octanol–water partition coefficient (Wildman–Crippen LogP) is 5.92. The molecule has 0 aliphatic heterocycles. The summed E-state index contributed by atoms with van der Waals surface area (Å²) in [6.45, 7) is 0. The summed E-state index contributed by atoms with van der Waals surface area (Å²) >= 11 is 0. The van der Waals surface area contributed by atoms with Gasteiger partial charge in [0.05, 0.1) is 39.5 Å². The highest BCUT2D eigenvalue weighted by molar-refractivity contribution is 8.45. The molecule has 0 unspecified atom stereocenters. The molecule has 0 aliphatic carbocycles. The molecule has 0 aliphatic rings. The van der Waals surface area contributed by atoms with E-state index in [4.69, 9.17) is 15.8 Å². The number of halogens is 11. The largest absolute Gasteiger partial charge is 0.417 e. The van der Waals surface area contributed by atoms with Crippen LogP contribution in [0.15, 0.2) is 23.1 Å². The number of alkyl halides is 6. The van der Waals surface area contributed by atoms with Crippen LogP contribution in [0.25, 0.3) is 11.1 Å². The fourth-order valence-corrected chi connectivity index (χ4v) is 4.59. The highest BCUT2D eigenvalue weighted by atomic mass is 32.5. The quantitative estimate of drug-likeness (QED) is 0.397. The third-order valence-electron chi connectivity index (χ3n) is 4.90. The monoisotopic (exact) mass is 592 g/mol. The minimum atomic E-state index is -11.4. The average Bonchev–Trinajstić information content (AvgIpc) is 2.81. The van der Waals surface area contributed by atoms with E-state index in [-0.39, 0.29) is 6.07 Å². The Labute approximate surface area is 214 Å². The number of benzene rings is 2. The predicted molar refractivity (Wildman–Crippen MR) is 110 cm³/mol. The van der Waals surface area contributed by atoms with Gasteiger partial charge in [-0.2, -0.15) is 57.9 Å². The van der Waals surface area contributed by atoms with Gasteiger partial charge in [-0.15, -0.1) is 0 Å². The van der Waals surface area contributed by atoms with Crippen LogP contribution in [0.2, 0.25) is 0 Å². The fraction of sp³-hybridized carbons (Fsp3) is 0.0909. The van der Waals surface area contributed by atoms with E-state index in [0.717, 1.165) is 24.3 Å². The van der Waals surface area contributed by atoms with Gasteiger partial charge in [-0.1, -0.05) is 19.4 Å². The Bertz CT molecular complexity index is 1810. The molecule has 0 spiro atoms. The third kappa shape index (κ3) is 5.59. The molecular formula is C22H3F11N6S. The van der Waals surface area contributed by atoms with Crippen molar-refractivity contribution in [1.82, 2.24) is 0 Å². The van der Waals surface area contributed by atoms with Crippen LogP contribution in [0.5, 0.6) is 0 Å². The van der Waals surface area contributed by atoms with E-state index >= 15 is 0 Å². The number of rotatable bonds is 2. The van der Waals surface area contributed by atoms with Crippen molar-refractivity contribution in [1.29, 1.82) is 31.6 Å². The van der Waals surface area contributed by atoms with E-state index in [1.54, 1.807) is 0 Å². The van der Waals surface area contributed by atoms with Crippen LogP contribution in [0, 0.1) is 68.0 Å². The van der Waals surface area contributed by atoms with Crippen LogP contribution in [0.3, 0.4) is 0 Å². The molecule has 204 valence electrons. The number of nitriles is 6. The van der Waals surface area contributed by atoms with E-state index < -0.39 is 94.6 Å². The van der Waals surface area contributed by atoms with E-state index in [9.17, 15) is 61.6 Å². The minimum Gasteiger partial charge on any atom is -0.192 e. The van der Waals surface area contributed by atoms with Crippen molar-refractivity contribution >= 4 is 21.4 Å². The molecule has 0 radical (unpaired) electrons. The summed E-state index contributed by atoms with van der Waals surface area (Å²) in [7, 11) is -11.4. The lowest BCUT2D eigenvalue weighted by Gasteiger charge is -2.41. The Kier molecular flexibility index (Phi) is 6.86. The van der Waals surface area contributed by atoms with Gasteiger partial charge >= 0.3 is 22.6 Å². The number of hydrogen-bond donors (Lipinski definition) is 0. The summed E-state index contributed by atoms with van der Waals surface area (Å²) in [4.78, 5) is -3.40. The maximum atomic E-state index is 14.3. The van der Waals surface area contributed by atoms with Gasteiger partial charge in [0.25, 0.3) is 0 Å². The van der Waals surface area contributed by atoms with Crippen molar-refractivity contribution in [2.24, 2.45) is 0 Å². The van der Waals surface area contributed by atoms with Crippen molar-refractivity contribution in [2.75, 3.05) is 0 Å². The summed E-state index contributed by atoms with van der Waals surface area (Å²) in [6.07, 6.45) is -11.6. The first kappa shape index (κ1) is 30.9. The standard InChI is InChI=1S/C22H3F11N6S/c23-21(24,25)17-2-10(3-18(16(17)9-39)22(26,27)28)14(7-37)19-11(4-34)1-13(12(5-35)6-36)15(8-38)20(19)40(29,30,31,32)33/h1-3H/b19-14-. The van der Waals surface area contributed by atoms with Crippen molar-refractivity contribution in [3.8, 4) is 36.4 Å². The molecule has 0 aromatic heterocycles. The maximum Gasteiger partial charge on any atom is 0.417 e. The molecule has 0 atom stereocenters. The lowest BCUT2D eigenvalue weighted by Crippen LogP contribution is -2.31. The van der Waals surface area contributed by atoms with Gasteiger partial charge in [-0.3, -0.25) is 0 Å². The molecule has 6 nitrogen and oxygen atoms in total. The first-order valence-corrected chi connectivity index (χ1v) is 11.4. The molecule has 0 heterocycles. The zero-order chi connectivity index (χ0) is 31.1. The molecule has 2 aromatic carbocycles. The van der Waals surface area contributed by atoms with Gasteiger partial charge in [0.15, 0.2) is 0 Å². The van der Waals surface area contributed by atoms with Gasteiger partial charge in [0.1, 0.15) is 40.8 Å². The first-order valence-electron chi connectivity index (χ1n) is 9.43. The summed E-state index contributed by atoms with van der Waals surface area (Å²) in [5.74, 6) is 0. The van der Waals surface area contributed by atoms with Gasteiger partial charge in [0.2, 0.25) is 0 Å². The lowest BCUT2D eigenvalue weighted by atomic mass is 9.91. The molecule has 40 heavy (non-hydrogen) atoms. The molecule has 18 heteroatoms. The molecule has 0 fully saturated rings. The second-order valence-electron chi connectivity index (χ2n) is 7.38. The van der Waals surface area contributed by atoms with E-state index in [1.807, 2.05) is 0 Å². The first-order chi connectivity index (χ1) is 18.0. The van der Waals surface area contributed by atoms with Crippen LogP contribution in [-0.2, 0) is 12.4 Å². The Morgan fingerprint density at radius 3 is 1.38 bits per heavy atom. The maximum absolute atomic E-state index is 14.3. The average molecular weight is 592 g/mol. The van der Waals surface area contributed by atoms with Crippen LogP contribution < -0.4 is 10.4 Å². The van der Waals surface area contributed by atoms with Gasteiger partial charge in [-0.05, 0) is 23.8 Å². The Morgan fingerprint density at radius 1 is 0.625 bits per heavy atom. The molecule has 0 saturated carbocycles. The van der Waals surface area contributed by atoms with Crippen LogP contribution >= 0.6 is 10.2 Å². The molecule has 2 rings (SSSR count). The van der Waals surface area contributed by atoms with Crippen molar-refractivity contribution in [3.63, 3.8) is 0 Å². The summed E-state index contributed by atoms with van der Waals surface area (Å²) in [6, 6.07) is 4.26. The van der Waals surface area contributed by atoms with Gasteiger partial charge < -0.3 is 0 Å². The zero-order valence-electron chi connectivity index (χ0n) is 18.5. The zero-order valence-corrected chi connectivity index (χ0v) is 19.3. The molecule has 0 N–H and O–H groups in total. The normalized spacial score (nSPS) is 14.0. The van der Waals surface area contributed by atoms with E-state index in [0.29, 0.717) is 12.1 Å². The number of hydrogen-bond acceptors (Lipinski definition) is 6. The summed E-state index contributed by atoms with van der Waals surface area (Å²) < 4.78 is 153. The highest BCUT2D eigenvalue weighted by Crippen LogP contribution is 3.01. The van der Waals surface area contributed by atoms with Gasteiger partial charge in [0, 0.05) is 10.4 Å². The Morgan fingerprint density at radius 2 is 1.07 bits per heavy atom. The Hall–Kier alpha value is -5.30. The third-order valence-corrected chi connectivity index (χ3v) is 6.08. The fourth-order valence-electron chi connectivity index (χ4n) is 3.45. The molecular weight excluding hydrogens is 589 g/mol. The van der Waals surface area contributed by atoms with Gasteiger partial charge in [-0.25, -0.2) is 0 Å². The summed E-state index contributed by atoms with van der Waals surface area (Å²) in [5.41, 5.74) is -15.9. The van der Waals surface area contributed by atoms with Crippen LogP contribution in [0.4, 0.5) is 45.8 Å². The lowest BCUT2D eigenvalue weighted by molar-refractivity contribution is -0.143. The smallest absolute Gasteiger partial charge is 0.192 e. The molecule has 0 bridgehead atoms. The van der Waals surface area contributed by atoms with Crippen molar-refractivity contribution in [3.05, 3.63) is 62.0 Å². The summed E-state index contributed by atoms with van der Waals surface area (Å²) in [5, 5.41) is 51.4. The Balaban J connectivity index is 3.66. The topological polar surface area (TPSA) is 143 Å².